The first kappa shape index (κ1) is 12.4. The van der Waals surface area contributed by atoms with E-state index in [9.17, 15) is 9.59 Å². The zero-order chi connectivity index (χ0) is 12.6. The van der Waals surface area contributed by atoms with Crippen molar-refractivity contribution in [2.45, 2.75) is 39.5 Å². The normalized spacial score (nSPS) is 25.4. The molecule has 4 heteroatoms. The van der Waals surface area contributed by atoms with Gasteiger partial charge in [0.1, 0.15) is 0 Å². The molecule has 1 saturated heterocycles. The van der Waals surface area contributed by atoms with Gasteiger partial charge < -0.3 is 10.0 Å². The van der Waals surface area contributed by atoms with Crippen LogP contribution in [-0.4, -0.2) is 35.0 Å². The molecule has 1 heterocycles. The summed E-state index contributed by atoms with van der Waals surface area (Å²) in [5, 5.41) is 8.90. The lowest BCUT2D eigenvalue weighted by molar-refractivity contribution is -0.155. The van der Waals surface area contributed by atoms with Crippen LogP contribution in [0.25, 0.3) is 0 Å². The lowest BCUT2D eigenvalue weighted by atomic mass is 9.81. The molecular formula is C13H21NO3. The Morgan fingerprint density at radius 2 is 1.82 bits per heavy atom. The molecule has 0 aromatic heterocycles. The summed E-state index contributed by atoms with van der Waals surface area (Å²) < 4.78 is 0. The predicted octanol–water partition coefficient (Wildman–Crippen LogP) is 1.75. The molecule has 1 saturated carbocycles. The van der Waals surface area contributed by atoms with Gasteiger partial charge in [-0.1, -0.05) is 26.7 Å². The van der Waals surface area contributed by atoms with Crippen LogP contribution in [0.2, 0.25) is 0 Å². The maximum absolute atomic E-state index is 12.3. The number of likely N-dealkylation sites (tertiary alicyclic amines) is 1. The van der Waals surface area contributed by atoms with Crippen molar-refractivity contribution in [2.24, 2.45) is 17.3 Å². The lowest BCUT2D eigenvalue weighted by Crippen LogP contribution is -2.56. The van der Waals surface area contributed by atoms with Crippen molar-refractivity contribution in [3.05, 3.63) is 0 Å². The number of hydrogen-bond acceptors (Lipinski definition) is 2. The molecule has 0 spiro atoms. The first-order valence-corrected chi connectivity index (χ1v) is 6.46. The van der Waals surface area contributed by atoms with Crippen LogP contribution in [0.5, 0.6) is 0 Å². The van der Waals surface area contributed by atoms with Crippen molar-refractivity contribution in [1.82, 2.24) is 4.90 Å². The number of hydrogen-bond donors (Lipinski definition) is 1. The van der Waals surface area contributed by atoms with Gasteiger partial charge in [0.2, 0.25) is 5.91 Å². The van der Waals surface area contributed by atoms with E-state index in [2.05, 4.69) is 6.92 Å². The molecule has 17 heavy (non-hydrogen) atoms. The Morgan fingerprint density at radius 1 is 1.29 bits per heavy atom. The number of rotatable bonds is 3. The number of aliphatic carboxylic acids is 1. The summed E-state index contributed by atoms with van der Waals surface area (Å²) in [6.45, 7) is 5.03. The molecule has 0 aromatic carbocycles. The smallest absolute Gasteiger partial charge is 0.306 e. The third-order valence-electron chi connectivity index (χ3n) is 4.52. The van der Waals surface area contributed by atoms with E-state index < -0.39 is 5.97 Å². The minimum atomic E-state index is -0.755. The summed E-state index contributed by atoms with van der Waals surface area (Å²) in [6, 6.07) is 0. The molecule has 1 amide bonds. The summed E-state index contributed by atoms with van der Waals surface area (Å²) in [4.78, 5) is 24.9. The van der Waals surface area contributed by atoms with Crippen molar-refractivity contribution in [1.29, 1.82) is 0 Å². The number of carbonyl (C=O) groups excluding carboxylic acids is 1. The van der Waals surface area contributed by atoms with Crippen LogP contribution in [0.3, 0.4) is 0 Å². The van der Waals surface area contributed by atoms with Crippen molar-refractivity contribution in [3.63, 3.8) is 0 Å². The number of carbonyl (C=O) groups is 2. The standard InChI is InChI=1S/C13H21NO3/c1-9(11(15)16)10-7-14(8-10)12(17)13(2)5-3-4-6-13/h9-10H,3-8H2,1-2H3,(H,15,16). The number of carboxylic acids is 1. The fourth-order valence-electron chi connectivity index (χ4n) is 2.95. The van der Waals surface area contributed by atoms with Gasteiger partial charge in [0.15, 0.2) is 0 Å². The molecule has 96 valence electrons. The Balaban J connectivity index is 1.87. The largest absolute Gasteiger partial charge is 0.481 e. The summed E-state index contributed by atoms with van der Waals surface area (Å²) in [5.41, 5.74) is -0.169. The maximum atomic E-state index is 12.3. The molecular weight excluding hydrogens is 218 g/mol. The van der Waals surface area contributed by atoms with E-state index >= 15 is 0 Å². The minimum Gasteiger partial charge on any atom is -0.481 e. The predicted molar refractivity (Wildman–Crippen MR) is 63.4 cm³/mol. The van der Waals surface area contributed by atoms with Crippen molar-refractivity contribution in [2.75, 3.05) is 13.1 Å². The third kappa shape index (κ3) is 2.17. The first-order valence-electron chi connectivity index (χ1n) is 6.46. The van der Waals surface area contributed by atoms with Gasteiger partial charge in [-0.15, -0.1) is 0 Å². The highest BCUT2D eigenvalue weighted by atomic mass is 16.4. The van der Waals surface area contributed by atoms with Gasteiger partial charge in [0.25, 0.3) is 0 Å². The van der Waals surface area contributed by atoms with E-state index in [0.717, 1.165) is 25.7 Å². The Morgan fingerprint density at radius 3 is 2.29 bits per heavy atom. The molecule has 4 nitrogen and oxygen atoms in total. The summed E-state index contributed by atoms with van der Waals surface area (Å²) in [6.07, 6.45) is 4.26. The monoisotopic (exact) mass is 239 g/mol. The molecule has 0 aromatic rings. The average molecular weight is 239 g/mol. The van der Waals surface area contributed by atoms with E-state index in [1.807, 2.05) is 4.90 Å². The second kappa shape index (κ2) is 4.31. The van der Waals surface area contributed by atoms with E-state index in [1.165, 1.54) is 0 Å². The first-order chi connectivity index (χ1) is 7.94. The van der Waals surface area contributed by atoms with Gasteiger partial charge in [0.05, 0.1) is 5.92 Å². The minimum absolute atomic E-state index is 0.140. The summed E-state index contributed by atoms with van der Waals surface area (Å²) in [5.74, 6) is -0.713. The molecule has 1 aliphatic carbocycles. The second-order valence-corrected chi connectivity index (χ2v) is 5.86. The highest BCUT2D eigenvalue weighted by molar-refractivity contribution is 5.83. The highest BCUT2D eigenvalue weighted by Crippen LogP contribution is 2.41. The Bertz CT molecular complexity index is 328. The van der Waals surface area contributed by atoms with Crippen LogP contribution >= 0.6 is 0 Å². The van der Waals surface area contributed by atoms with Gasteiger partial charge in [-0.3, -0.25) is 9.59 Å². The van der Waals surface area contributed by atoms with E-state index in [1.54, 1.807) is 6.92 Å². The fourth-order valence-corrected chi connectivity index (χ4v) is 2.95. The topological polar surface area (TPSA) is 57.6 Å². The molecule has 2 rings (SSSR count). The average Bonchev–Trinajstić information content (AvgIpc) is 2.63. The molecule has 1 unspecified atom stereocenters. The van der Waals surface area contributed by atoms with E-state index in [0.29, 0.717) is 13.1 Å². The summed E-state index contributed by atoms with van der Waals surface area (Å²) in [7, 11) is 0. The molecule has 0 radical (unpaired) electrons. The Kier molecular flexibility index (Phi) is 3.15. The van der Waals surface area contributed by atoms with Crippen LogP contribution in [0.4, 0.5) is 0 Å². The van der Waals surface area contributed by atoms with Crippen LogP contribution in [0, 0.1) is 17.3 Å². The second-order valence-electron chi connectivity index (χ2n) is 5.86. The molecule has 0 bridgehead atoms. The third-order valence-corrected chi connectivity index (χ3v) is 4.52. The van der Waals surface area contributed by atoms with Crippen molar-refractivity contribution >= 4 is 11.9 Å². The number of amides is 1. The molecule has 1 atom stereocenters. The van der Waals surface area contributed by atoms with E-state index in [4.69, 9.17) is 5.11 Å². The van der Waals surface area contributed by atoms with Gasteiger partial charge in [-0.2, -0.15) is 0 Å². The molecule has 2 aliphatic rings. The van der Waals surface area contributed by atoms with Crippen LogP contribution in [0.15, 0.2) is 0 Å². The SMILES string of the molecule is CC(C(=O)O)C1CN(C(=O)C2(C)CCCC2)C1. The van der Waals surface area contributed by atoms with E-state index in [-0.39, 0.29) is 23.2 Å². The van der Waals surface area contributed by atoms with Crippen LogP contribution in [0.1, 0.15) is 39.5 Å². The highest BCUT2D eigenvalue weighted by Gasteiger charge is 2.44. The summed E-state index contributed by atoms with van der Waals surface area (Å²) >= 11 is 0. The number of nitrogens with zero attached hydrogens (tertiary/aromatic N) is 1. The lowest BCUT2D eigenvalue weighted by Gasteiger charge is -2.44. The van der Waals surface area contributed by atoms with Crippen LogP contribution in [-0.2, 0) is 9.59 Å². The number of carboxylic acid groups (broad SMARTS) is 1. The van der Waals surface area contributed by atoms with Crippen molar-refractivity contribution in [3.8, 4) is 0 Å². The van der Waals surface area contributed by atoms with Gasteiger partial charge >= 0.3 is 5.97 Å². The van der Waals surface area contributed by atoms with Gasteiger partial charge in [-0.05, 0) is 12.8 Å². The van der Waals surface area contributed by atoms with Crippen molar-refractivity contribution < 1.29 is 14.7 Å². The quantitative estimate of drug-likeness (QED) is 0.816. The molecule has 2 fully saturated rings. The zero-order valence-corrected chi connectivity index (χ0v) is 10.6. The Labute approximate surface area is 102 Å². The van der Waals surface area contributed by atoms with Gasteiger partial charge in [-0.25, -0.2) is 0 Å². The molecule has 1 N–H and O–H groups in total. The Hall–Kier alpha value is -1.06. The maximum Gasteiger partial charge on any atom is 0.306 e. The van der Waals surface area contributed by atoms with Gasteiger partial charge in [0, 0.05) is 24.4 Å². The van der Waals surface area contributed by atoms with Crippen LogP contribution < -0.4 is 0 Å². The molecule has 1 aliphatic heterocycles. The fraction of sp³-hybridized carbons (Fsp3) is 0.846. The zero-order valence-electron chi connectivity index (χ0n) is 10.6.